The van der Waals surface area contributed by atoms with Crippen LogP contribution in [0.25, 0.3) is 0 Å². The van der Waals surface area contributed by atoms with Gasteiger partial charge < -0.3 is 5.11 Å². The first-order valence-electron chi connectivity index (χ1n) is 4.90. The predicted molar refractivity (Wildman–Crippen MR) is 49.6 cm³/mol. The van der Waals surface area contributed by atoms with E-state index in [0.717, 1.165) is 6.42 Å². The van der Waals surface area contributed by atoms with Gasteiger partial charge in [-0.1, -0.05) is 39.5 Å². The number of aliphatic hydroxyl groups excluding tert-OH is 1. The van der Waals surface area contributed by atoms with E-state index < -0.39 is 0 Å². The summed E-state index contributed by atoms with van der Waals surface area (Å²) in [5, 5.41) is 9.31. The highest BCUT2D eigenvalue weighted by atomic mass is 16.3. The Bertz CT molecular complexity index is 78.9. The van der Waals surface area contributed by atoms with E-state index >= 15 is 0 Å². The van der Waals surface area contributed by atoms with Crippen molar-refractivity contribution >= 4 is 0 Å². The molecule has 68 valence electrons. The summed E-state index contributed by atoms with van der Waals surface area (Å²) >= 11 is 0. The molecule has 11 heavy (non-hydrogen) atoms. The van der Waals surface area contributed by atoms with Crippen LogP contribution in [0, 0.1) is 5.92 Å². The highest BCUT2D eigenvalue weighted by Gasteiger charge is 2.10. The molecule has 0 rings (SSSR count). The Kier molecular flexibility index (Phi) is 6.63. The summed E-state index contributed by atoms with van der Waals surface area (Å²) in [6.45, 7) is 6.27. The molecule has 0 bridgehead atoms. The second-order valence-corrected chi connectivity index (χ2v) is 3.40. The Labute approximate surface area is 70.8 Å². The van der Waals surface area contributed by atoms with E-state index in [1.165, 1.54) is 25.7 Å². The lowest BCUT2D eigenvalue weighted by molar-refractivity contribution is 0.116. The fraction of sp³-hybridized carbons (Fsp3) is 1.00. The molecule has 0 radical (unpaired) electrons. The molecule has 0 fully saturated rings. The minimum Gasteiger partial charge on any atom is -0.393 e. The zero-order chi connectivity index (χ0) is 8.69. The van der Waals surface area contributed by atoms with Gasteiger partial charge in [0, 0.05) is 0 Å². The van der Waals surface area contributed by atoms with Gasteiger partial charge in [-0.3, -0.25) is 0 Å². The van der Waals surface area contributed by atoms with Gasteiger partial charge in [-0.2, -0.15) is 0 Å². The van der Waals surface area contributed by atoms with Crippen LogP contribution in [0.1, 0.15) is 52.9 Å². The lowest BCUT2D eigenvalue weighted by Crippen LogP contribution is -2.15. The second-order valence-electron chi connectivity index (χ2n) is 3.40. The van der Waals surface area contributed by atoms with Gasteiger partial charge in [0.05, 0.1) is 6.10 Å². The second kappa shape index (κ2) is 6.66. The lowest BCUT2D eigenvalue weighted by Gasteiger charge is -2.17. The standard InChI is InChI=1S/C10H22O/c1-4-6-7-8-10(5-2)9(3)11/h9-11H,4-8H2,1-3H3. The normalized spacial score (nSPS) is 16.4. The maximum absolute atomic E-state index is 9.31. The molecule has 0 heterocycles. The average Bonchev–Trinajstić information content (AvgIpc) is 1.97. The Hall–Kier alpha value is -0.0400. The molecule has 0 aromatic carbocycles. The van der Waals surface area contributed by atoms with Crippen LogP contribution in [0.2, 0.25) is 0 Å². The molecule has 0 saturated carbocycles. The van der Waals surface area contributed by atoms with Gasteiger partial charge in [0.2, 0.25) is 0 Å². The van der Waals surface area contributed by atoms with E-state index in [2.05, 4.69) is 13.8 Å². The van der Waals surface area contributed by atoms with Crippen LogP contribution in [-0.2, 0) is 0 Å². The van der Waals surface area contributed by atoms with E-state index in [1.807, 2.05) is 6.92 Å². The van der Waals surface area contributed by atoms with E-state index in [0.29, 0.717) is 5.92 Å². The van der Waals surface area contributed by atoms with Crippen molar-refractivity contribution in [2.75, 3.05) is 0 Å². The Morgan fingerprint density at radius 2 is 1.82 bits per heavy atom. The van der Waals surface area contributed by atoms with Crippen LogP contribution in [0.15, 0.2) is 0 Å². The van der Waals surface area contributed by atoms with Crippen LogP contribution in [-0.4, -0.2) is 11.2 Å². The first-order chi connectivity index (χ1) is 5.22. The highest BCUT2D eigenvalue weighted by molar-refractivity contribution is 4.62. The SMILES string of the molecule is CCCCCC(CC)C(C)O. The average molecular weight is 158 g/mol. The first-order valence-corrected chi connectivity index (χ1v) is 4.90. The summed E-state index contributed by atoms with van der Waals surface area (Å²) in [5.41, 5.74) is 0. The zero-order valence-corrected chi connectivity index (χ0v) is 8.14. The minimum absolute atomic E-state index is 0.114. The maximum atomic E-state index is 9.31. The summed E-state index contributed by atoms with van der Waals surface area (Å²) < 4.78 is 0. The monoisotopic (exact) mass is 158 g/mol. The Morgan fingerprint density at radius 3 is 2.18 bits per heavy atom. The molecular weight excluding hydrogens is 136 g/mol. The fourth-order valence-electron chi connectivity index (χ4n) is 1.44. The smallest absolute Gasteiger partial charge is 0.0540 e. The summed E-state index contributed by atoms with van der Waals surface area (Å²) in [6, 6.07) is 0. The van der Waals surface area contributed by atoms with Gasteiger partial charge in [-0.15, -0.1) is 0 Å². The summed E-state index contributed by atoms with van der Waals surface area (Å²) in [6.07, 6.45) is 6.06. The summed E-state index contributed by atoms with van der Waals surface area (Å²) in [4.78, 5) is 0. The molecule has 0 aliphatic carbocycles. The van der Waals surface area contributed by atoms with Crippen LogP contribution < -0.4 is 0 Å². The van der Waals surface area contributed by atoms with Crippen molar-refractivity contribution in [3.05, 3.63) is 0 Å². The van der Waals surface area contributed by atoms with Crippen molar-refractivity contribution in [3.63, 3.8) is 0 Å². The van der Waals surface area contributed by atoms with Gasteiger partial charge >= 0.3 is 0 Å². The van der Waals surface area contributed by atoms with Crippen LogP contribution in [0.5, 0.6) is 0 Å². The van der Waals surface area contributed by atoms with Crippen molar-refractivity contribution in [1.82, 2.24) is 0 Å². The topological polar surface area (TPSA) is 20.2 Å². The molecule has 1 N–H and O–H groups in total. The number of hydrogen-bond acceptors (Lipinski definition) is 1. The van der Waals surface area contributed by atoms with E-state index in [1.54, 1.807) is 0 Å². The van der Waals surface area contributed by atoms with Gasteiger partial charge in [-0.05, 0) is 19.3 Å². The van der Waals surface area contributed by atoms with Crippen molar-refractivity contribution < 1.29 is 5.11 Å². The van der Waals surface area contributed by atoms with Crippen LogP contribution in [0.3, 0.4) is 0 Å². The molecule has 0 saturated heterocycles. The third-order valence-corrected chi connectivity index (χ3v) is 2.39. The van der Waals surface area contributed by atoms with Gasteiger partial charge in [0.1, 0.15) is 0 Å². The molecule has 0 amide bonds. The number of rotatable bonds is 6. The highest BCUT2D eigenvalue weighted by Crippen LogP contribution is 2.16. The van der Waals surface area contributed by atoms with Gasteiger partial charge in [-0.25, -0.2) is 0 Å². The molecule has 0 aromatic heterocycles. The molecule has 0 aliphatic heterocycles. The number of aliphatic hydroxyl groups is 1. The third-order valence-electron chi connectivity index (χ3n) is 2.39. The fourth-order valence-corrected chi connectivity index (χ4v) is 1.44. The van der Waals surface area contributed by atoms with Crippen molar-refractivity contribution in [2.24, 2.45) is 5.92 Å². The molecule has 0 aromatic rings. The largest absolute Gasteiger partial charge is 0.393 e. The lowest BCUT2D eigenvalue weighted by atomic mass is 9.94. The molecule has 0 spiro atoms. The number of unbranched alkanes of at least 4 members (excludes halogenated alkanes) is 2. The zero-order valence-electron chi connectivity index (χ0n) is 8.14. The van der Waals surface area contributed by atoms with E-state index in [-0.39, 0.29) is 6.10 Å². The summed E-state index contributed by atoms with van der Waals surface area (Å²) in [5.74, 6) is 0.529. The van der Waals surface area contributed by atoms with E-state index in [4.69, 9.17) is 0 Å². The van der Waals surface area contributed by atoms with Gasteiger partial charge in [0.15, 0.2) is 0 Å². The molecule has 2 atom stereocenters. The molecule has 1 heteroatoms. The Morgan fingerprint density at radius 1 is 1.18 bits per heavy atom. The van der Waals surface area contributed by atoms with E-state index in [9.17, 15) is 5.11 Å². The van der Waals surface area contributed by atoms with Crippen molar-refractivity contribution in [1.29, 1.82) is 0 Å². The Balaban J connectivity index is 3.36. The molecule has 0 aliphatic rings. The van der Waals surface area contributed by atoms with Crippen molar-refractivity contribution in [3.8, 4) is 0 Å². The van der Waals surface area contributed by atoms with Crippen LogP contribution in [0.4, 0.5) is 0 Å². The first kappa shape index (κ1) is 11.0. The quantitative estimate of drug-likeness (QED) is 0.589. The summed E-state index contributed by atoms with van der Waals surface area (Å²) in [7, 11) is 0. The molecule has 2 unspecified atom stereocenters. The van der Waals surface area contributed by atoms with Gasteiger partial charge in [0.25, 0.3) is 0 Å². The predicted octanol–water partition coefficient (Wildman–Crippen LogP) is 2.97. The molecule has 1 nitrogen and oxygen atoms in total. The number of hydrogen-bond donors (Lipinski definition) is 1. The van der Waals surface area contributed by atoms with Crippen molar-refractivity contribution in [2.45, 2.75) is 59.0 Å². The third kappa shape index (κ3) is 5.25. The van der Waals surface area contributed by atoms with Crippen LogP contribution >= 0.6 is 0 Å². The minimum atomic E-state index is -0.114. The molecular formula is C10H22O. The maximum Gasteiger partial charge on any atom is 0.0540 e.